The van der Waals surface area contributed by atoms with Crippen molar-refractivity contribution < 1.29 is 4.74 Å². The third-order valence-corrected chi connectivity index (χ3v) is 6.07. The summed E-state index contributed by atoms with van der Waals surface area (Å²) in [7, 11) is 0. The highest BCUT2D eigenvalue weighted by Gasteiger charge is 2.09. The first kappa shape index (κ1) is 15.1. The highest BCUT2D eigenvalue weighted by atomic mass is 79.9. The Bertz CT molecular complexity index is 527. The Balaban J connectivity index is 2.10. The molecule has 2 aromatic rings. The minimum Gasteiger partial charge on any atom is -0.496 e. The van der Waals surface area contributed by atoms with Gasteiger partial charge in [0.25, 0.3) is 0 Å². The van der Waals surface area contributed by atoms with Gasteiger partial charge in [0, 0.05) is 0 Å². The largest absolute Gasteiger partial charge is 0.513 e. The number of unbranched alkanes of at least 4 members (excludes halogenated alkanes) is 3. The van der Waals surface area contributed by atoms with Crippen LogP contribution in [0.15, 0.2) is 36.4 Å². The van der Waals surface area contributed by atoms with Crippen LogP contribution in [0.25, 0.3) is 10.8 Å². The fourth-order valence-electron chi connectivity index (χ4n) is 2.30. The second-order valence-corrected chi connectivity index (χ2v) is 7.46. The lowest BCUT2D eigenvalue weighted by Gasteiger charge is -2.13. The van der Waals surface area contributed by atoms with Gasteiger partial charge in [-0.25, -0.2) is 0 Å². The maximum Gasteiger partial charge on any atom is 0.513 e. The number of rotatable bonds is 7. The highest BCUT2D eigenvalue weighted by molar-refractivity contribution is 9.23. The molecule has 3 heteroatoms. The van der Waals surface area contributed by atoms with Gasteiger partial charge in [-0.05, 0) is 23.3 Å². The van der Waals surface area contributed by atoms with Gasteiger partial charge in [0.05, 0.1) is 12.4 Å². The Morgan fingerprint density at radius 1 is 1.05 bits per heavy atom. The molecule has 0 radical (unpaired) electrons. The van der Waals surface area contributed by atoms with E-state index in [-0.39, 0.29) is 0 Å². The van der Waals surface area contributed by atoms with Crippen LogP contribution in [-0.2, 0) is 0 Å². The number of ether oxygens (including phenoxy) is 1. The molecular weight excluding hydrogens is 312 g/mol. The lowest BCUT2D eigenvalue weighted by Crippen LogP contribution is -2.15. The molecule has 0 saturated carbocycles. The summed E-state index contributed by atoms with van der Waals surface area (Å²) in [6.45, 7) is 3.07. The van der Waals surface area contributed by atoms with Crippen LogP contribution in [0, 0.1) is 0 Å². The first-order chi connectivity index (χ1) is 9.36. The lowest BCUT2D eigenvalue weighted by atomic mass is 10.1. The van der Waals surface area contributed by atoms with E-state index in [1.807, 2.05) is 0 Å². The van der Waals surface area contributed by atoms with Gasteiger partial charge in [-0.15, -0.1) is 3.69 Å². The van der Waals surface area contributed by atoms with Crippen LogP contribution >= 0.6 is 12.9 Å². The van der Waals surface area contributed by atoms with E-state index in [0.717, 1.165) is 18.8 Å². The smallest absolute Gasteiger partial charge is 0.496 e. The fraction of sp³-hybridized carbons (Fsp3) is 0.375. The maximum absolute atomic E-state index is 5.99. The topological polar surface area (TPSA) is 9.23 Å². The van der Waals surface area contributed by atoms with E-state index < -0.39 is 18.2 Å². The maximum atomic E-state index is 5.99. The molecule has 0 spiro atoms. The number of benzene rings is 2. The van der Waals surface area contributed by atoms with Crippen molar-refractivity contribution in [1.82, 2.24) is 0 Å². The zero-order chi connectivity index (χ0) is 13.5. The second-order valence-electron chi connectivity index (χ2n) is 4.81. The van der Waals surface area contributed by atoms with Crippen LogP contribution < -0.4 is 8.43 Å². The monoisotopic (exact) mass is 330 g/mol. The predicted octanol–water partition coefficient (Wildman–Crippen LogP) is 4.44. The zero-order valence-corrected chi connectivity index (χ0v) is 14.5. The molecule has 19 heavy (non-hydrogen) atoms. The number of hydrogen-bond acceptors (Lipinski definition) is 1. The molecule has 0 saturated heterocycles. The van der Waals surface area contributed by atoms with Gasteiger partial charge in [0.2, 0.25) is 0 Å². The number of halogens is 1. The van der Waals surface area contributed by atoms with Gasteiger partial charge < -0.3 is 4.74 Å². The van der Waals surface area contributed by atoms with Crippen LogP contribution in [0.5, 0.6) is 5.75 Å². The molecule has 0 atom stereocenters. The molecule has 98 valence electrons. The van der Waals surface area contributed by atoms with Crippen molar-refractivity contribution in [3.8, 4) is 5.75 Å². The first-order valence-corrected chi connectivity index (χ1v) is 11.7. The molecule has 0 fully saturated rings. The van der Waals surface area contributed by atoms with Crippen molar-refractivity contribution in [3.05, 3.63) is 36.4 Å². The molecule has 2 aromatic carbocycles. The third-order valence-electron chi connectivity index (χ3n) is 3.39. The van der Waals surface area contributed by atoms with Gasteiger partial charge in [-0.2, -0.15) is 0 Å². The molecule has 2 rings (SSSR count). The van der Waals surface area contributed by atoms with E-state index in [4.69, 9.17) is 4.74 Å². The molecule has 0 bridgehead atoms. The molecule has 1 nitrogen and oxygen atoms in total. The molecular formula is C16H19BrMgO. The van der Waals surface area contributed by atoms with Crippen LogP contribution in [0.1, 0.15) is 32.6 Å². The van der Waals surface area contributed by atoms with E-state index >= 15 is 0 Å². The molecule has 0 aromatic heterocycles. The van der Waals surface area contributed by atoms with Crippen molar-refractivity contribution in [3.63, 3.8) is 0 Å². The van der Waals surface area contributed by atoms with E-state index in [0.29, 0.717) is 0 Å². The van der Waals surface area contributed by atoms with Crippen molar-refractivity contribution in [1.29, 1.82) is 0 Å². The van der Waals surface area contributed by atoms with Crippen molar-refractivity contribution >= 4 is 45.5 Å². The van der Waals surface area contributed by atoms with Crippen molar-refractivity contribution in [2.24, 2.45) is 0 Å². The molecule has 0 heterocycles. The summed E-state index contributed by atoms with van der Waals surface area (Å²) in [6.07, 6.45) is 5.01. The van der Waals surface area contributed by atoms with Gasteiger partial charge in [0.15, 0.2) is 0 Å². The lowest BCUT2D eigenvalue weighted by molar-refractivity contribution is 0.307. The zero-order valence-electron chi connectivity index (χ0n) is 11.5. The Morgan fingerprint density at radius 2 is 1.89 bits per heavy atom. The molecule has 0 amide bonds. The summed E-state index contributed by atoms with van der Waals surface area (Å²) in [5.74, 6) is 1.08. The normalized spacial score (nSPS) is 10.4. The highest BCUT2D eigenvalue weighted by Crippen LogP contribution is 2.19. The van der Waals surface area contributed by atoms with Crippen LogP contribution in [-0.4, -0.2) is 24.8 Å². The minimum atomic E-state index is -0.416. The number of fused-ring (bicyclic) bond motifs is 1. The molecule has 0 aliphatic rings. The van der Waals surface area contributed by atoms with Crippen molar-refractivity contribution in [2.75, 3.05) is 6.61 Å². The van der Waals surface area contributed by atoms with Crippen LogP contribution in [0.4, 0.5) is 0 Å². The van der Waals surface area contributed by atoms with Crippen molar-refractivity contribution in [2.45, 2.75) is 32.6 Å². The fourth-order valence-corrected chi connectivity index (χ4v) is 4.85. The third kappa shape index (κ3) is 4.10. The van der Waals surface area contributed by atoms with E-state index in [1.165, 1.54) is 33.7 Å². The van der Waals surface area contributed by atoms with Gasteiger partial charge in [-0.1, -0.05) is 56.5 Å². The summed E-state index contributed by atoms with van der Waals surface area (Å²) in [5, 5.41) is 2.65. The summed E-state index contributed by atoms with van der Waals surface area (Å²) >= 11 is 3.31. The molecule has 0 unspecified atom stereocenters. The Labute approximate surface area is 131 Å². The van der Waals surface area contributed by atoms with Gasteiger partial charge in [0.1, 0.15) is 0 Å². The van der Waals surface area contributed by atoms with Gasteiger partial charge >= 0.3 is 18.2 Å². The van der Waals surface area contributed by atoms with Crippen LogP contribution in [0.2, 0.25) is 0 Å². The SMILES string of the molecule is CCCCCCOc1ccc2ccccc2[c]1[Mg][Br]. The summed E-state index contributed by atoms with van der Waals surface area (Å²) < 4.78 is 7.38. The molecule has 0 aliphatic heterocycles. The summed E-state index contributed by atoms with van der Waals surface area (Å²) in [5.41, 5.74) is 0. The van der Waals surface area contributed by atoms with Crippen LogP contribution in [0.3, 0.4) is 0 Å². The minimum absolute atomic E-state index is 0.416. The molecule has 0 N–H and O–H groups in total. The Kier molecular flexibility index (Phi) is 6.48. The average molecular weight is 332 g/mol. The number of hydrogen-bond donors (Lipinski definition) is 0. The van der Waals surface area contributed by atoms with E-state index in [1.54, 1.807) is 0 Å². The summed E-state index contributed by atoms with van der Waals surface area (Å²) in [6, 6.07) is 12.9. The Hall–Kier alpha value is -0.254. The van der Waals surface area contributed by atoms with E-state index in [9.17, 15) is 0 Å². The predicted molar refractivity (Wildman–Crippen MR) is 87.9 cm³/mol. The average Bonchev–Trinajstić information content (AvgIpc) is 2.46. The second kappa shape index (κ2) is 8.13. The summed E-state index contributed by atoms with van der Waals surface area (Å²) in [4.78, 5) is 0. The van der Waals surface area contributed by atoms with E-state index in [2.05, 4.69) is 56.2 Å². The first-order valence-electron chi connectivity index (χ1n) is 7.06. The molecule has 0 aliphatic carbocycles. The van der Waals surface area contributed by atoms with Gasteiger partial charge in [-0.3, -0.25) is 12.9 Å². The Morgan fingerprint density at radius 3 is 2.68 bits per heavy atom. The quantitative estimate of drug-likeness (QED) is 0.538. The standard InChI is InChI=1S/C16H19O.BrH.Mg/c1-2-3-4-7-12-17-16-11-10-14-8-5-6-9-15(14)13-16;;/h5-6,8-11H,2-4,7,12H2,1H3;1H;/q;;+1/p-1.